The van der Waals surface area contributed by atoms with E-state index in [4.69, 9.17) is 5.11 Å². The van der Waals surface area contributed by atoms with E-state index in [-0.39, 0.29) is 12.2 Å². The molecule has 0 aliphatic carbocycles. The second-order valence-corrected chi connectivity index (χ2v) is 5.15. The number of rotatable bonds is 3. The fourth-order valence-corrected chi connectivity index (χ4v) is 2.94. The van der Waals surface area contributed by atoms with Crippen LogP contribution < -0.4 is 0 Å². The Bertz CT molecular complexity index is 570. The van der Waals surface area contributed by atoms with Gasteiger partial charge in [0, 0.05) is 5.56 Å². The highest BCUT2D eigenvalue weighted by molar-refractivity contribution is 9.10. The molecule has 0 unspecified atom stereocenters. The van der Waals surface area contributed by atoms with Crippen molar-refractivity contribution in [3.05, 3.63) is 39.6 Å². The molecule has 88 valence electrons. The lowest BCUT2D eigenvalue weighted by Crippen LogP contribution is -1.98. The van der Waals surface area contributed by atoms with Crippen molar-refractivity contribution in [2.45, 2.75) is 6.42 Å². The molecule has 6 heteroatoms. The van der Waals surface area contributed by atoms with Crippen molar-refractivity contribution < 1.29 is 14.3 Å². The van der Waals surface area contributed by atoms with Crippen molar-refractivity contribution in [1.82, 2.24) is 4.98 Å². The number of aromatic nitrogens is 1. The molecule has 0 radical (unpaired) electrons. The highest BCUT2D eigenvalue weighted by Gasteiger charge is 2.13. The van der Waals surface area contributed by atoms with E-state index < -0.39 is 5.97 Å². The summed E-state index contributed by atoms with van der Waals surface area (Å²) in [5.74, 6) is -1.26. The Morgan fingerprint density at radius 2 is 2.29 bits per heavy atom. The van der Waals surface area contributed by atoms with Crippen LogP contribution in [0.4, 0.5) is 4.39 Å². The maximum Gasteiger partial charge on any atom is 0.308 e. The number of hydrogen-bond acceptors (Lipinski definition) is 3. The minimum absolute atomic E-state index is 0.0897. The van der Waals surface area contributed by atoms with E-state index in [1.165, 1.54) is 23.5 Å². The van der Waals surface area contributed by atoms with Gasteiger partial charge in [0.1, 0.15) is 15.4 Å². The van der Waals surface area contributed by atoms with Gasteiger partial charge >= 0.3 is 5.97 Å². The van der Waals surface area contributed by atoms with Crippen LogP contribution in [0, 0.1) is 5.82 Å². The number of carboxylic acid groups (broad SMARTS) is 1. The Kier molecular flexibility index (Phi) is 3.54. The molecule has 1 aromatic heterocycles. The first-order chi connectivity index (χ1) is 8.06. The third-order valence-electron chi connectivity index (χ3n) is 2.03. The smallest absolute Gasteiger partial charge is 0.308 e. The van der Waals surface area contributed by atoms with E-state index in [1.54, 1.807) is 12.1 Å². The van der Waals surface area contributed by atoms with Crippen LogP contribution in [-0.2, 0) is 11.2 Å². The molecule has 0 spiro atoms. The lowest BCUT2D eigenvalue weighted by Gasteiger charge is -1.94. The minimum atomic E-state index is -0.917. The summed E-state index contributed by atoms with van der Waals surface area (Å²) in [5.41, 5.74) is 0.646. The van der Waals surface area contributed by atoms with Crippen molar-refractivity contribution >= 4 is 33.2 Å². The fraction of sp³-hybridized carbons (Fsp3) is 0.0909. The first-order valence-corrected chi connectivity index (χ1v) is 6.30. The molecule has 2 rings (SSSR count). The van der Waals surface area contributed by atoms with Crippen molar-refractivity contribution in [3.63, 3.8) is 0 Å². The summed E-state index contributed by atoms with van der Waals surface area (Å²) in [5, 5.41) is 9.32. The molecule has 0 fully saturated rings. The number of thiazole rings is 1. The van der Waals surface area contributed by atoms with Gasteiger partial charge < -0.3 is 5.11 Å². The quantitative estimate of drug-likeness (QED) is 0.945. The summed E-state index contributed by atoms with van der Waals surface area (Å²) in [6, 6.07) is 6.05. The largest absolute Gasteiger partial charge is 0.481 e. The molecule has 2 aromatic rings. The summed E-state index contributed by atoms with van der Waals surface area (Å²) in [4.78, 5) is 15.4. The van der Waals surface area contributed by atoms with Crippen LogP contribution >= 0.6 is 27.3 Å². The van der Waals surface area contributed by atoms with Crippen LogP contribution in [0.25, 0.3) is 10.6 Å². The monoisotopic (exact) mass is 315 g/mol. The molecule has 0 atom stereocenters. The molecule has 3 nitrogen and oxygen atoms in total. The fourth-order valence-electron chi connectivity index (χ4n) is 1.32. The maximum absolute atomic E-state index is 13.0. The highest BCUT2D eigenvalue weighted by Crippen LogP contribution is 2.31. The van der Waals surface area contributed by atoms with E-state index in [2.05, 4.69) is 20.9 Å². The average Bonchev–Trinajstić information content (AvgIpc) is 2.59. The first-order valence-electron chi connectivity index (χ1n) is 4.69. The molecule has 1 aromatic carbocycles. The standard InChI is InChI=1S/C11H7BrFNO2S/c12-10-8(5-9(15)16)17-11(14-10)6-2-1-3-7(13)4-6/h1-4H,5H2,(H,15,16). The van der Waals surface area contributed by atoms with Gasteiger partial charge in [0.25, 0.3) is 0 Å². The second-order valence-electron chi connectivity index (χ2n) is 3.31. The minimum Gasteiger partial charge on any atom is -0.481 e. The maximum atomic E-state index is 13.0. The van der Waals surface area contributed by atoms with E-state index in [0.717, 1.165) is 0 Å². The zero-order chi connectivity index (χ0) is 12.4. The Morgan fingerprint density at radius 3 is 2.94 bits per heavy atom. The van der Waals surface area contributed by atoms with Gasteiger partial charge in [-0.15, -0.1) is 11.3 Å². The van der Waals surface area contributed by atoms with Gasteiger partial charge in [-0.2, -0.15) is 0 Å². The molecule has 1 N–H and O–H groups in total. The van der Waals surface area contributed by atoms with Crippen LogP contribution in [0.2, 0.25) is 0 Å². The molecule has 0 aliphatic rings. The topological polar surface area (TPSA) is 50.2 Å². The molecule has 0 amide bonds. The van der Waals surface area contributed by atoms with Crippen LogP contribution in [0.1, 0.15) is 4.88 Å². The number of nitrogens with zero attached hydrogens (tertiary/aromatic N) is 1. The van der Waals surface area contributed by atoms with Gasteiger partial charge in [0.15, 0.2) is 0 Å². The van der Waals surface area contributed by atoms with Crippen molar-refractivity contribution in [3.8, 4) is 10.6 Å². The second kappa shape index (κ2) is 4.93. The average molecular weight is 316 g/mol. The van der Waals surface area contributed by atoms with Gasteiger partial charge in [-0.05, 0) is 28.1 Å². The molecule has 0 aliphatic heterocycles. The lowest BCUT2D eigenvalue weighted by atomic mass is 10.2. The normalized spacial score (nSPS) is 10.5. The van der Waals surface area contributed by atoms with Gasteiger partial charge in [-0.1, -0.05) is 12.1 Å². The zero-order valence-corrected chi connectivity index (χ0v) is 10.9. The zero-order valence-electron chi connectivity index (χ0n) is 8.48. The van der Waals surface area contributed by atoms with Crippen molar-refractivity contribution in [2.75, 3.05) is 0 Å². The molecule has 0 saturated heterocycles. The van der Waals surface area contributed by atoms with Crippen molar-refractivity contribution in [1.29, 1.82) is 0 Å². The van der Waals surface area contributed by atoms with Gasteiger partial charge in [0.2, 0.25) is 0 Å². The molecular weight excluding hydrogens is 309 g/mol. The van der Waals surface area contributed by atoms with Crippen LogP contribution in [-0.4, -0.2) is 16.1 Å². The summed E-state index contributed by atoms with van der Waals surface area (Å²) in [6.45, 7) is 0. The third-order valence-corrected chi connectivity index (χ3v) is 4.06. The van der Waals surface area contributed by atoms with Gasteiger partial charge in [-0.25, -0.2) is 9.37 Å². The van der Waals surface area contributed by atoms with E-state index >= 15 is 0 Å². The summed E-state index contributed by atoms with van der Waals surface area (Å²) in [7, 11) is 0. The lowest BCUT2D eigenvalue weighted by molar-refractivity contribution is -0.136. The Labute approximate surface area is 109 Å². The van der Waals surface area contributed by atoms with E-state index in [1.807, 2.05) is 0 Å². The summed E-state index contributed by atoms with van der Waals surface area (Å²) < 4.78 is 13.5. The number of aliphatic carboxylic acids is 1. The summed E-state index contributed by atoms with van der Waals surface area (Å²) in [6.07, 6.45) is -0.0897. The molecule has 17 heavy (non-hydrogen) atoms. The molecular formula is C11H7BrFNO2S. The molecule has 0 saturated carbocycles. The first kappa shape index (κ1) is 12.2. The number of hydrogen-bond donors (Lipinski definition) is 1. The number of carboxylic acids is 1. The predicted octanol–water partition coefficient (Wildman–Crippen LogP) is 3.34. The van der Waals surface area contributed by atoms with Gasteiger partial charge in [0.05, 0.1) is 11.3 Å². The Balaban J connectivity index is 2.37. The number of carbonyl (C=O) groups is 1. The molecule has 0 bridgehead atoms. The van der Waals surface area contributed by atoms with Gasteiger partial charge in [-0.3, -0.25) is 4.79 Å². The Morgan fingerprint density at radius 1 is 1.53 bits per heavy atom. The number of halogens is 2. The summed E-state index contributed by atoms with van der Waals surface area (Å²) >= 11 is 4.45. The predicted molar refractivity (Wildman–Crippen MR) is 66.5 cm³/mol. The van der Waals surface area contributed by atoms with E-state index in [0.29, 0.717) is 20.1 Å². The van der Waals surface area contributed by atoms with Crippen molar-refractivity contribution in [2.24, 2.45) is 0 Å². The SMILES string of the molecule is O=C(O)Cc1sc(-c2cccc(F)c2)nc1Br. The molecule has 1 heterocycles. The third kappa shape index (κ3) is 2.89. The van der Waals surface area contributed by atoms with Crippen LogP contribution in [0.15, 0.2) is 28.9 Å². The number of benzene rings is 1. The van der Waals surface area contributed by atoms with Crippen LogP contribution in [0.3, 0.4) is 0 Å². The van der Waals surface area contributed by atoms with Crippen LogP contribution in [0.5, 0.6) is 0 Å². The highest BCUT2D eigenvalue weighted by atomic mass is 79.9. The Hall–Kier alpha value is -1.27. The van der Waals surface area contributed by atoms with E-state index in [9.17, 15) is 9.18 Å².